The molecule has 1 amide bonds. The molecular formula is C11H20ClN5O. The summed E-state index contributed by atoms with van der Waals surface area (Å²) >= 11 is 0. The minimum Gasteiger partial charge on any atom is -0.354 e. The van der Waals surface area contributed by atoms with Gasteiger partial charge in [0.15, 0.2) is 0 Å². The highest BCUT2D eigenvalue weighted by Gasteiger charge is 2.25. The van der Waals surface area contributed by atoms with Crippen molar-refractivity contribution in [3.05, 3.63) is 12.7 Å². The second kappa shape index (κ2) is 7.33. The zero-order valence-electron chi connectivity index (χ0n) is 10.3. The van der Waals surface area contributed by atoms with E-state index in [1.54, 1.807) is 11.0 Å². The van der Waals surface area contributed by atoms with Crippen LogP contribution in [0.2, 0.25) is 0 Å². The van der Waals surface area contributed by atoms with E-state index in [1.165, 1.54) is 6.33 Å². The summed E-state index contributed by atoms with van der Waals surface area (Å²) in [6, 6.07) is 0.205. The van der Waals surface area contributed by atoms with Gasteiger partial charge in [0.25, 0.3) is 0 Å². The molecule has 1 aromatic rings. The van der Waals surface area contributed by atoms with Crippen LogP contribution in [0.5, 0.6) is 0 Å². The summed E-state index contributed by atoms with van der Waals surface area (Å²) in [7, 11) is 0. The van der Waals surface area contributed by atoms with E-state index in [1.807, 2.05) is 0 Å². The number of carbonyl (C=O) groups is 1. The van der Waals surface area contributed by atoms with Gasteiger partial charge in [0, 0.05) is 19.0 Å². The maximum Gasteiger partial charge on any atom is 0.220 e. The minimum atomic E-state index is 0. The number of aromatic nitrogens is 3. The van der Waals surface area contributed by atoms with Crippen molar-refractivity contribution in [1.29, 1.82) is 0 Å². The first-order chi connectivity index (χ1) is 8.25. The molecule has 0 radical (unpaired) electrons. The standard InChI is InChI=1S/C11H19N5O.ClH/c12-10-3-1-2-9(10)6-11(17)14-4-5-16-8-13-7-15-16;/h7-10H,1-6,12H2,(H,14,17);1H/t9-,10+;/m0./s1. The topological polar surface area (TPSA) is 85.8 Å². The lowest BCUT2D eigenvalue weighted by atomic mass is 10.00. The van der Waals surface area contributed by atoms with Crippen LogP contribution in [0.1, 0.15) is 25.7 Å². The van der Waals surface area contributed by atoms with Gasteiger partial charge in [-0.05, 0) is 18.8 Å². The lowest BCUT2D eigenvalue weighted by Gasteiger charge is -2.14. The first-order valence-corrected chi connectivity index (χ1v) is 6.10. The molecule has 0 unspecified atom stereocenters. The highest BCUT2D eigenvalue weighted by atomic mass is 35.5. The molecule has 0 bridgehead atoms. The van der Waals surface area contributed by atoms with Gasteiger partial charge in [-0.1, -0.05) is 6.42 Å². The van der Waals surface area contributed by atoms with Crippen LogP contribution in [-0.4, -0.2) is 33.3 Å². The van der Waals surface area contributed by atoms with Gasteiger partial charge in [-0.2, -0.15) is 5.10 Å². The van der Waals surface area contributed by atoms with Crippen LogP contribution in [0, 0.1) is 5.92 Å². The van der Waals surface area contributed by atoms with E-state index in [4.69, 9.17) is 5.73 Å². The molecule has 1 aromatic heterocycles. The van der Waals surface area contributed by atoms with E-state index >= 15 is 0 Å². The Morgan fingerprint density at radius 3 is 2.94 bits per heavy atom. The molecule has 2 rings (SSSR count). The molecule has 2 atom stereocenters. The summed E-state index contributed by atoms with van der Waals surface area (Å²) in [6.07, 6.45) is 6.96. The van der Waals surface area contributed by atoms with Gasteiger partial charge >= 0.3 is 0 Å². The first kappa shape index (κ1) is 14.9. The second-order valence-corrected chi connectivity index (χ2v) is 4.57. The summed E-state index contributed by atoms with van der Waals surface area (Å²) < 4.78 is 1.70. The average molecular weight is 274 g/mol. The van der Waals surface area contributed by atoms with Crippen LogP contribution >= 0.6 is 12.4 Å². The molecule has 0 aliphatic heterocycles. The third kappa shape index (κ3) is 4.27. The quantitative estimate of drug-likeness (QED) is 0.810. The molecule has 18 heavy (non-hydrogen) atoms. The lowest BCUT2D eigenvalue weighted by Crippen LogP contribution is -2.33. The Hall–Kier alpha value is -1.14. The monoisotopic (exact) mass is 273 g/mol. The molecule has 1 heterocycles. The average Bonchev–Trinajstić information content (AvgIpc) is 2.92. The van der Waals surface area contributed by atoms with Crippen molar-refractivity contribution < 1.29 is 4.79 Å². The van der Waals surface area contributed by atoms with Crippen LogP contribution in [0.3, 0.4) is 0 Å². The van der Waals surface area contributed by atoms with Gasteiger partial charge in [-0.3, -0.25) is 9.48 Å². The smallest absolute Gasteiger partial charge is 0.220 e. The largest absolute Gasteiger partial charge is 0.354 e. The van der Waals surface area contributed by atoms with Gasteiger partial charge in [-0.25, -0.2) is 4.98 Å². The van der Waals surface area contributed by atoms with Crippen molar-refractivity contribution >= 4 is 18.3 Å². The Morgan fingerprint density at radius 2 is 2.33 bits per heavy atom. The fraction of sp³-hybridized carbons (Fsp3) is 0.727. The Balaban J connectivity index is 0.00000162. The molecule has 102 valence electrons. The maximum absolute atomic E-state index is 11.7. The number of nitrogens with zero attached hydrogens (tertiary/aromatic N) is 3. The summed E-state index contributed by atoms with van der Waals surface area (Å²) in [6.45, 7) is 1.24. The van der Waals surface area contributed by atoms with Crippen molar-refractivity contribution in [2.24, 2.45) is 11.7 Å². The highest BCUT2D eigenvalue weighted by Crippen LogP contribution is 2.26. The number of carbonyl (C=O) groups excluding carboxylic acids is 1. The summed E-state index contributed by atoms with van der Waals surface area (Å²) in [5, 5.41) is 6.85. The van der Waals surface area contributed by atoms with Gasteiger partial charge in [0.05, 0.1) is 6.54 Å². The van der Waals surface area contributed by atoms with Crippen molar-refractivity contribution in [3.63, 3.8) is 0 Å². The predicted octanol–water partition coefficient (Wildman–Crippen LogP) is 0.334. The highest BCUT2D eigenvalue weighted by molar-refractivity contribution is 5.85. The van der Waals surface area contributed by atoms with E-state index in [2.05, 4.69) is 15.4 Å². The number of nitrogens with two attached hydrogens (primary N) is 1. The van der Waals surface area contributed by atoms with Crippen LogP contribution in [0.15, 0.2) is 12.7 Å². The van der Waals surface area contributed by atoms with Gasteiger partial charge < -0.3 is 11.1 Å². The Labute approximate surface area is 113 Å². The van der Waals surface area contributed by atoms with Crippen molar-refractivity contribution in [2.45, 2.75) is 38.3 Å². The summed E-state index contributed by atoms with van der Waals surface area (Å²) in [4.78, 5) is 15.5. The fourth-order valence-electron chi connectivity index (χ4n) is 2.29. The van der Waals surface area contributed by atoms with E-state index < -0.39 is 0 Å². The molecule has 6 nitrogen and oxygen atoms in total. The molecule has 0 saturated heterocycles. The van der Waals surface area contributed by atoms with Crippen LogP contribution in [0.25, 0.3) is 0 Å². The molecule has 0 spiro atoms. The number of amides is 1. The number of nitrogens with one attached hydrogen (secondary N) is 1. The third-order valence-electron chi connectivity index (χ3n) is 3.30. The maximum atomic E-state index is 11.7. The zero-order chi connectivity index (χ0) is 12.1. The molecular weight excluding hydrogens is 254 g/mol. The molecule has 0 aromatic carbocycles. The Kier molecular flexibility index (Phi) is 6.07. The Morgan fingerprint density at radius 1 is 1.50 bits per heavy atom. The zero-order valence-corrected chi connectivity index (χ0v) is 11.1. The van der Waals surface area contributed by atoms with Gasteiger partial charge in [0.1, 0.15) is 12.7 Å². The number of hydrogen-bond acceptors (Lipinski definition) is 4. The molecule has 1 saturated carbocycles. The normalized spacial score (nSPS) is 22.5. The van der Waals surface area contributed by atoms with Crippen molar-refractivity contribution in [1.82, 2.24) is 20.1 Å². The molecule has 1 aliphatic rings. The van der Waals surface area contributed by atoms with Crippen molar-refractivity contribution in [2.75, 3.05) is 6.54 Å². The molecule has 7 heteroatoms. The predicted molar refractivity (Wildman–Crippen MR) is 70.2 cm³/mol. The van der Waals surface area contributed by atoms with Crippen LogP contribution in [-0.2, 0) is 11.3 Å². The number of hydrogen-bond donors (Lipinski definition) is 2. The number of halogens is 1. The SMILES string of the molecule is Cl.N[C@@H]1CCC[C@H]1CC(=O)NCCn1cncn1. The van der Waals surface area contributed by atoms with E-state index in [9.17, 15) is 4.79 Å². The third-order valence-corrected chi connectivity index (χ3v) is 3.30. The minimum absolute atomic E-state index is 0. The van der Waals surface area contributed by atoms with E-state index in [0.29, 0.717) is 25.4 Å². The Bertz CT molecular complexity index is 356. The van der Waals surface area contributed by atoms with Crippen LogP contribution < -0.4 is 11.1 Å². The van der Waals surface area contributed by atoms with Gasteiger partial charge in [-0.15, -0.1) is 12.4 Å². The first-order valence-electron chi connectivity index (χ1n) is 6.10. The van der Waals surface area contributed by atoms with Crippen LogP contribution in [0.4, 0.5) is 0 Å². The van der Waals surface area contributed by atoms with Crippen molar-refractivity contribution in [3.8, 4) is 0 Å². The number of rotatable bonds is 5. The van der Waals surface area contributed by atoms with E-state index in [-0.39, 0.29) is 24.4 Å². The van der Waals surface area contributed by atoms with Gasteiger partial charge in [0.2, 0.25) is 5.91 Å². The second-order valence-electron chi connectivity index (χ2n) is 4.57. The fourth-order valence-corrected chi connectivity index (χ4v) is 2.29. The molecule has 3 N–H and O–H groups in total. The molecule has 1 fully saturated rings. The van der Waals surface area contributed by atoms with E-state index in [0.717, 1.165) is 19.3 Å². The summed E-state index contributed by atoms with van der Waals surface area (Å²) in [5.41, 5.74) is 5.93. The summed E-state index contributed by atoms with van der Waals surface area (Å²) in [5.74, 6) is 0.453. The molecule has 1 aliphatic carbocycles. The lowest BCUT2D eigenvalue weighted by molar-refractivity contribution is -0.122.